The summed E-state index contributed by atoms with van der Waals surface area (Å²) >= 11 is 1.51. The highest BCUT2D eigenvalue weighted by atomic mass is 32.1. The first-order valence-corrected chi connectivity index (χ1v) is 13.6. The van der Waals surface area contributed by atoms with Crippen LogP contribution in [0.15, 0.2) is 23.6 Å². The Balaban J connectivity index is 1.16. The number of carbonyl (C=O) groups excluding carboxylic acids is 2. The fourth-order valence-electron chi connectivity index (χ4n) is 4.77. The van der Waals surface area contributed by atoms with Crippen LogP contribution >= 0.6 is 11.3 Å². The van der Waals surface area contributed by atoms with E-state index in [1.54, 1.807) is 14.2 Å². The monoisotopic (exact) mass is 515 g/mol. The molecule has 196 valence electrons. The average Bonchev–Trinajstić information content (AvgIpc) is 3.37. The normalized spacial score (nSPS) is 17.0. The zero-order valence-electron chi connectivity index (χ0n) is 21.3. The maximum Gasteiger partial charge on any atom is 0.273 e. The van der Waals surface area contributed by atoms with Crippen LogP contribution in [0.2, 0.25) is 0 Å². The maximum absolute atomic E-state index is 12.9. The van der Waals surface area contributed by atoms with Crippen molar-refractivity contribution < 1.29 is 19.1 Å². The fraction of sp³-hybridized carbons (Fsp3) is 0.577. The van der Waals surface area contributed by atoms with E-state index < -0.39 is 0 Å². The predicted molar refractivity (Wildman–Crippen MR) is 141 cm³/mol. The summed E-state index contributed by atoms with van der Waals surface area (Å²) in [4.78, 5) is 33.8. The Morgan fingerprint density at radius 1 is 1.06 bits per heavy atom. The molecule has 9 nitrogen and oxygen atoms in total. The molecule has 2 amide bonds. The number of nitrogens with zero attached hydrogens (tertiary/aromatic N) is 3. The molecular formula is C26H37N5O4S. The van der Waals surface area contributed by atoms with Gasteiger partial charge in [0, 0.05) is 44.1 Å². The van der Waals surface area contributed by atoms with Crippen molar-refractivity contribution in [2.75, 3.05) is 58.8 Å². The number of hydrogen-bond acceptors (Lipinski definition) is 8. The molecule has 0 bridgehead atoms. The molecule has 4 rings (SSSR count). The number of benzene rings is 1. The topological polar surface area (TPSA) is 96.0 Å². The molecule has 10 heteroatoms. The van der Waals surface area contributed by atoms with E-state index in [9.17, 15) is 9.59 Å². The molecule has 0 unspecified atom stereocenters. The van der Waals surface area contributed by atoms with Gasteiger partial charge in [-0.25, -0.2) is 4.98 Å². The van der Waals surface area contributed by atoms with Crippen molar-refractivity contribution >= 4 is 28.3 Å². The Hall–Kier alpha value is -2.85. The van der Waals surface area contributed by atoms with Crippen LogP contribution in [-0.4, -0.2) is 86.1 Å². The molecule has 2 aliphatic rings. The summed E-state index contributed by atoms with van der Waals surface area (Å²) in [6, 6.07) is 6.25. The Kier molecular flexibility index (Phi) is 9.41. The quantitative estimate of drug-likeness (QED) is 0.502. The number of carbonyl (C=O) groups is 2. The first kappa shape index (κ1) is 26.2. The number of rotatable bonds is 10. The number of ether oxygens (including phenoxy) is 2. The van der Waals surface area contributed by atoms with Gasteiger partial charge >= 0.3 is 0 Å². The Morgan fingerprint density at radius 2 is 1.81 bits per heavy atom. The smallest absolute Gasteiger partial charge is 0.273 e. The summed E-state index contributed by atoms with van der Waals surface area (Å²) in [5.74, 6) is 1.34. The lowest BCUT2D eigenvalue weighted by molar-refractivity contribution is -0.122. The van der Waals surface area contributed by atoms with Crippen LogP contribution in [0.4, 0.5) is 5.13 Å². The van der Waals surface area contributed by atoms with E-state index in [-0.39, 0.29) is 11.8 Å². The van der Waals surface area contributed by atoms with E-state index in [4.69, 9.17) is 9.47 Å². The van der Waals surface area contributed by atoms with Gasteiger partial charge in [0.2, 0.25) is 5.91 Å². The molecule has 1 aromatic carbocycles. The Labute approximate surface area is 217 Å². The van der Waals surface area contributed by atoms with Gasteiger partial charge in [0.1, 0.15) is 5.69 Å². The third kappa shape index (κ3) is 7.10. The van der Waals surface area contributed by atoms with Crippen LogP contribution < -0.4 is 20.1 Å². The fourth-order valence-corrected chi connectivity index (χ4v) is 5.53. The second-order valence-corrected chi connectivity index (χ2v) is 10.2. The van der Waals surface area contributed by atoms with Crippen LogP contribution in [0.25, 0.3) is 0 Å². The van der Waals surface area contributed by atoms with Crippen molar-refractivity contribution in [1.29, 1.82) is 0 Å². The van der Waals surface area contributed by atoms with Crippen LogP contribution in [0.3, 0.4) is 0 Å². The average molecular weight is 516 g/mol. The minimum atomic E-state index is -0.0260. The molecule has 36 heavy (non-hydrogen) atoms. The molecule has 1 saturated carbocycles. The largest absolute Gasteiger partial charge is 0.493 e. The third-order valence-electron chi connectivity index (χ3n) is 6.87. The molecule has 1 saturated heterocycles. The number of piperazine rings is 1. The SMILES string of the molecule is COc1ccc(CCNC(=O)CN2CCN(C(=O)c3csc(NC4CCCCC4)n3)CC2)cc1OC. The lowest BCUT2D eigenvalue weighted by Gasteiger charge is -2.34. The highest BCUT2D eigenvalue weighted by Gasteiger charge is 2.25. The van der Waals surface area contributed by atoms with Crippen molar-refractivity contribution in [2.45, 2.75) is 44.6 Å². The van der Waals surface area contributed by atoms with Gasteiger partial charge in [0.25, 0.3) is 5.91 Å². The van der Waals surface area contributed by atoms with Crippen LogP contribution in [-0.2, 0) is 11.2 Å². The third-order valence-corrected chi connectivity index (χ3v) is 7.64. The minimum absolute atomic E-state index is 0.00631. The maximum atomic E-state index is 12.9. The van der Waals surface area contributed by atoms with Gasteiger partial charge in [-0.15, -0.1) is 11.3 Å². The highest BCUT2D eigenvalue weighted by Crippen LogP contribution is 2.27. The summed E-state index contributed by atoms with van der Waals surface area (Å²) in [5, 5.41) is 9.18. The Bertz CT molecular complexity index is 1020. The van der Waals surface area contributed by atoms with E-state index in [0.29, 0.717) is 68.9 Å². The van der Waals surface area contributed by atoms with Gasteiger partial charge in [0.05, 0.1) is 20.8 Å². The zero-order chi connectivity index (χ0) is 25.3. The van der Waals surface area contributed by atoms with Gasteiger partial charge in [0.15, 0.2) is 16.6 Å². The lowest BCUT2D eigenvalue weighted by Crippen LogP contribution is -2.51. The number of thiazole rings is 1. The molecule has 0 spiro atoms. The number of methoxy groups -OCH3 is 2. The van der Waals surface area contributed by atoms with Gasteiger partial charge in [-0.05, 0) is 37.0 Å². The first-order valence-electron chi connectivity index (χ1n) is 12.8. The van der Waals surface area contributed by atoms with E-state index in [1.165, 1.54) is 43.4 Å². The molecule has 1 aliphatic heterocycles. The summed E-state index contributed by atoms with van der Waals surface area (Å²) < 4.78 is 10.6. The summed E-state index contributed by atoms with van der Waals surface area (Å²) in [6.45, 7) is 3.42. The van der Waals surface area contributed by atoms with Gasteiger partial charge < -0.3 is 25.0 Å². The van der Waals surface area contributed by atoms with Crippen molar-refractivity contribution in [3.05, 3.63) is 34.8 Å². The van der Waals surface area contributed by atoms with Gasteiger partial charge in [-0.3, -0.25) is 14.5 Å². The highest BCUT2D eigenvalue weighted by molar-refractivity contribution is 7.13. The summed E-state index contributed by atoms with van der Waals surface area (Å²) in [6.07, 6.45) is 6.89. The lowest BCUT2D eigenvalue weighted by atomic mass is 9.96. The van der Waals surface area contributed by atoms with Crippen molar-refractivity contribution in [1.82, 2.24) is 20.1 Å². The molecule has 2 aromatic rings. The van der Waals surface area contributed by atoms with Crippen LogP contribution in [0, 0.1) is 0 Å². The minimum Gasteiger partial charge on any atom is -0.493 e. The first-order chi connectivity index (χ1) is 17.6. The van der Waals surface area contributed by atoms with Gasteiger partial charge in [-0.2, -0.15) is 0 Å². The second kappa shape index (κ2) is 12.9. The van der Waals surface area contributed by atoms with Crippen molar-refractivity contribution in [3.8, 4) is 11.5 Å². The second-order valence-electron chi connectivity index (χ2n) is 9.37. The molecule has 2 heterocycles. The van der Waals surface area contributed by atoms with E-state index in [2.05, 4.69) is 20.5 Å². The Morgan fingerprint density at radius 3 is 2.53 bits per heavy atom. The molecule has 2 fully saturated rings. The van der Waals surface area contributed by atoms with Crippen molar-refractivity contribution in [2.24, 2.45) is 0 Å². The summed E-state index contributed by atoms with van der Waals surface area (Å²) in [5.41, 5.74) is 1.58. The van der Waals surface area contributed by atoms with Crippen LogP contribution in [0.1, 0.15) is 48.2 Å². The number of anilines is 1. The van der Waals surface area contributed by atoms with Gasteiger partial charge in [-0.1, -0.05) is 25.3 Å². The predicted octanol–water partition coefficient (Wildman–Crippen LogP) is 3.02. The molecule has 0 radical (unpaired) electrons. The standard InChI is InChI=1S/C26H37N5O4S/c1-34-22-9-8-19(16-23(22)35-2)10-11-27-24(32)17-30-12-14-31(15-13-30)25(33)21-18-36-26(29-21)28-20-6-4-3-5-7-20/h8-9,16,18,20H,3-7,10-15,17H2,1-2H3,(H,27,32)(H,28,29). The molecule has 1 aromatic heterocycles. The molecule has 2 N–H and O–H groups in total. The number of amides is 2. The van der Waals surface area contributed by atoms with E-state index in [0.717, 1.165) is 10.7 Å². The number of hydrogen-bond donors (Lipinski definition) is 2. The van der Waals surface area contributed by atoms with Crippen LogP contribution in [0.5, 0.6) is 11.5 Å². The zero-order valence-corrected chi connectivity index (χ0v) is 22.1. The molecule has 0 atom stereocenters. The van der Waals surface area contributed by atoms with Crippen molar-refractivity contribution in [3.63, 3.8) is 0 Å². The van der Waals surface area contributed by atoms with E-state index >= 15 is 0 Å². The molecular weight excluding hydrogens is 478 g/mol. The number of nitrogens with one attached hydrogen (secondary N) is 2. The van der Waals surface area contributed by atoms with E-state index in [1.807, 2.05) is 28.5 Å². The summed E-state index contributed by atoms with van der Waals surface area (Å²) in [7, 11) is 3.22. The number of aromatic nitrogens is 1. The molecule has 1 aliphatic carbocycles.